The zero-order valence-corrected chi connectivity index (χ0v) is 12.9. The first kappa shape index (κ1) is 15.2. The summed E-state index contributed by atoms with van der Waals surface area (Å²) in [5.74, 6) is 0.867. The molecule has 0 radical (unpaired) electrons. The molecule has 5 nitrogen and oxygen atoms in total. The van der Waals surface area contributed by atoms with Gasteiger partial charge in [-0.3, -0.25) is 4.90 Å². The first-order valence-corrected chi connectivity index (χ1v) is 7.74. The Hall–Kier alpha value is -1.69. The van der Waals surface area contributed by atoms with Gasteiger partial charge in [0.25, 0.3) is 0 Å². The monoisotopic (exact) mass is 302 g/mol. The molecule has 0 saturated carbocycles. The Morgan fingerprint density at radius 3 is 2.73 bits per heavy atom. The average Bonchev–Trinajstić information content (AvgIpc) is 3.03. The SMILES string of the molecule is CN(CCC1OCCCO1)Cc1cc(-c2ccccc2)no1. The van der Waals surface area contributed by atoms with Crippen LogP contribution in [-0.2, 0) is 16.0 Å². The maximum absolute atomic E-state index is 5.56. The highest BCUT2D eigenvalue weighted by Crippen LogP contribution is 2.19. The van der Waals surface area contributed by atoms with Crippen LogP contribution in [0.3, 0.4) is 0 Å². The van der Waals surface area contributed by atoms with Gasteiger partial charge in [-0.05, 0) is 13.5 Å². The predicted molar refractivity (Wildman–Crippen MR) is 83.2 cm³/mol. The van der Waals surface area contributed by atoms with Gasteiger partial charge < -0.3 is 14.0 Å². The molecule has 1 saturated heterocycles. The molecule has 0 aliphatic carbocycles. The van der Waals surface area contributed by atoms with E-state index in [0.29, 0.717) is 0 Å². The highest BCUT2D eigenvalue weighted by atomic mass is 16.7. The topological polar surface area (TPSA) is 47.7 Å². The fourth-order valence-corrected chi connectivity index (χ4v) is 2.51. The number of benzene rings is 1. The number of hydrogen-bond acceptors (Lipinski definition) is 5. The van der Waals surface area contributed by atoms with E-state index in [4.69, 9.17) is 14.0 Å². The Morgan fingerprint density at radius 2 is 1.95 bits per heavy atom. The predicted octanol–water partition coefficient (Wildman–Crippen LogP) is 2.93. The second-order valence-corrected chi connectivity index (χ2v) is 5.60. The molecule has 0 spiro atoms. The molecule has 5 heteroatoms. The molecule has 118 valence electrons. The van der Waals surface area contributed by atoms with Crippen LogP contribution in [0.2, 0.25) is 0 Å². The quantitative estimate of drug-likeness (QED) is 0.821. The van der Waals surface area contributed by atoms with Gasteiger partial charge in [-0.15, -0.1) is 0 Å². The summed E-state index contributed by atoms with van der Waals surface area (Å²) in [6.07, 6.45) is 1.80. The lowest BCUT2D eigenvalue weighted by Gasteiger charge is -2.25. The van der Waals surface area contributed by atoms with Crippen molar-refractivity contribution in [3.8, 4) is 11.3 Å². The largest absolute Gasteiger partial charge is 0.359 e. The second kappa shape index (κ2) is 7.54. The fourth-order valence-electron chi connectivity index (χ4n) is 2.51. The number of aromatic nitrogens is 1. The van der Waals surface area contributed by atoms with Crippen LogP contribution in [0.4, 0.5) is 0 Å². The molecule has 0 unspecified atom stereocenters. The van der Waals surface area contributed by atoms with Gasteiger partial charge in [0.2, 0.25) is 0 Å². The highest BCUT2D eigenvalue weighted by Gasteiger charge is 2.15. The van der Waals surface area contributed by atoms with Gasteiger partial charge in [-0.2, -0.15) is 0 Å². The van der Waals surface area contributed by atoms with Crippen LogP contribution in [0.25, 0.3) is 11.3 Å². The molecule has 2 heterocycles. The lowest BCUT2D eigenvalue weighted by Crippen LogP contribution is -2.29. The van der Waals surface area contributed by atoms with Crippen LogP contribution >= 0.6 is 0 Å². The number of ether oxygens (including phenoxy) is 2. The number of nitrogens with zero attached hydrogens (tertiary/aromatic N) is 2. The van der Waals surface area contributed by atoms with E-state index in [-0.39, 0.29) is 6.29 Å². The van der Waals surface area contributed by atoms with E-state index in [1.807, 2.05) is 36.4 Å². The summed E-state index contributed by atoms with van der Waals surface area (Å²) in [4.78, 5) is 2.19. The molecule has 1 aliphatic heterocycles. The number of hydrogen-bond donors (Lipinski definition) is 0. The molecule has 1 aromatic carbocycles. The minimum atomic E-state index is -0.0641. The van der Waals surface area contributed by atoms with Crippen LogP contribution < -0.4 is 0 Å². The Kier molecular flexibility index (Phi) is 5.21. The Bertz CT molecular complexity index is 564. The van der Waals surface area contributed by atoms with Gasteiger partial charge in [0, 0.05) is 24.6 Å². The third-order valence-corrected chi connectivity index (χ3v) is 3.70. The molecule has 0 atom stereocenters. The average molecular weight is 302 g/mol. The minimum absolute atomic E-state index is 0.0641. The maximum Gasteiger partial charge on any atom is 0.158 e. The van der Waals surface area contributed by atoms with Crippen LogP contribution in [0.1, 0.15) is 18.6 Å². The lowest BCUT2D eigenvalue weighted by atomic mass is 10.1. The minimum Gasteiger partial charge on any atom is -0.359 e. The summed E-state index contributed by atoms with van der Waals surface area (Å²) < 4.78 is 16.5. The van der Waals surface area contributed by atoms with Crippen molar-refractivity contribution < 1.29 is 14.0 Å². The van der Waals surface area contributed by atoms with Gasteiger partial charge >= 0.3 is 0 Å². The molecule has 1 fully saturated rings. The van der Waals surface area contributed by atoms with E-state index in [1.165, 1.54) is 0 Å². The summed E-state index contributed by atoms with van der Waals surface area (Å²) in [6, 6.07) is 12.1. The van der Waals surface area contributed by atoms with E-state index < -0.39 is 0 Å². The fraction of sp³-hybridized carbons (Fsp3) is 0.471. The van der Waals surface area contributed by atoms with Crippen molar-refractivity contribution in [1.82, 2.24) is 10.1 Å². The summed E-state index contributed by atoms with van der Waals surface area (Å²) in [5.41, 5.74) is 1.95. The van der Waals surface area contributed by atoms with Crippen molar-refractivity contribution in [3.63, 3.8) is 0 Å². The van der Waals surface area contributed by atoms with Gasteiger partial charge in [0.15, 0.2) is 12.1 Å². The van der Waals surface area contributed by atoms with Gasteiger partial charge in [-0.25, -0.2) is 0 Å². The molecule has 0 amide bonds. The standard InChI is InChI=1S/C17H22N2O3/c1-19(9-8-17-20-10-5-11-21-17)13-15-12-16(18-22-15)14-6-3-2-4-7-14/h2-4,6-7,12,17H,5,8-11,13H2,1H3. The molecule has 1 aliphatic rings. The van der Waals surface area contributed by atoms with E-state index in [2.05, 4.69) is 17.1 Å². The summed E-state index contributed by atoms with van der Waals surface area (Å²) in [6.45, 7) is 3.23. The Balaban J connectivity index is 1.49. The van der Waals surface area contributed by atoms with Crippen molar-refractivity contribution >= 4 is 0 Å². The van der Waals surface area contributed by atoms with Crippen LogP contribution in [0, 0.1) is 0 Å². The molecule has 0 bridgehead atoms. The smallest absolute Gasteiger partial charge is 0.158 e. The molecule has 3 rings (SSSR count). The van der Waals surface area contributed by atoms with E-state index >= 15 is 0 Å². The van der Waals surface area contributed by atoms with E-state index in [9.17, 15) is 0 Å². The van der Waals surface area contributed by atoms with E-state index in [0.717, 1.165) is 56.2 Å². The zero-order valence-electron chi connectivity index (χ0n) is 12.9. The summed E-state index contributed by atoms with van der Waals surface area (Å²) in [5, 5.41) is 4.14. The van der Waals surface area contributed by atoms with Crippen molar-refractivity contribution in [2.24, 2.45) is 0 Å². The maximum atomic E-state index is 5.56. The second-order valence-electron chi connectivity index (χ2n) is 5.60. The lowest BCUT2D eigenvalue weighted by molar-refractivity contribution is -0.182. The summed E-state index contributed by atoms with van der Waals surface area (Å²) >= 11 is 0. The van der Waals surface area contributed by atoms with Crippen molar-refractivity contribution in [3.05, 3.63) is 42.2 Å². The summed E-state index contributed by atoms with van der Waals surface area (Å²) in [7, 11) is 2.06. The highest BCUT2D eigenvalue weighted by molar-refractivity contribution is 5.58. The molecular formula is C17H22N2O3. The molecule has 0 N–H and O–H groups in total. The molecular weight excluding hydrogens is 280 g/mol. The van der Waals surface area contributed by atoms with Crippen LogP contribution in [0.15, 0.2) is 40.9 Å². The van der Waals surface area contributed by atoms with Crippen molar-refractivity contribution in [1.29, 1.82) is 0 Å². The first-order valence-electron chi connectivity index (χ1n) is 7.74. The van der Waals surface area contributed by atoms with Crippen LogP contribution in [-0.4, -0.2) is 43.2 Å². The number of rotatable bonds is 6. The van der Waals surface area contributed by atoms with Crippen LogP contribution in [0.5, 0.6) is 0 Å². The van der Waals surface area contributed by atoms with E-state index in [1.54, 1.807) is 0 Å². The van der Waals surface area contributed by atoms with Crippen molar-refractivity contribution in [2.45, 2.75) is 25.7 Å². The first-order chi connectivity index (χ1) is 10.8. The Labute approximate surface area is 130 Å². The van der Waals surface area contributed by atoms with Crippen molar-refractivity contribution in [2.75, 3.05) is 26.8 Å². The normalized spacial score (nSPS) is 16.3. The van der Waals surface area contributed by atoms with Gasteiger partial charge in [0.1, 0.15) is 5.69 Å². The third-order valence-electron chi connectivity index (χ3n) is 3.70. The van der Waals surface area contributed by atoms with Gasteiger partial charge in [-0.1, -0.05) is 35.5 Å². The Morgan fingerprint density at radius 1 is 1.18 bits per heavy atom. The zero-order chi connectivity index (χ0) is 15.2. The molecule has 22 heavy (non-hydrogen) atoms. The third kappa shape index (κ3) is 4.16. The molecule has 1 aromatic heterocycles. The molecule has 2 aromatic rings. The van der Waals surface area contributed by atoms with Gasteiger partial charge in [0.05, 0.1) is 19.8 Å².